The molecule has 76 valence electrons. The SMILES string of the molecule is CS(C)=O.F.F.N.OCCO. The van der Waals surface area contributed by atoms with Crippen molar-refractivity contribution in [2.24, 2.45) is 0 Å². The molecule has 4 nitrogen and oxygen atoms in total. The van der Waals surface area contributed by atoms with E-state index >= 15 is 0 Å². The number of halogens is 2. The zero-order chi connectivity index (χ0) is 6.99. The number of aliphatic hydroxyl groups excluding tert-OH is 2. The Morgan fingerprint density at radius 2 is 1.18 bits per heavy atom. The van der Waals surface area contributed by atoms with Crippen molar-refractivity contribution in [3.8, 4) is 0 Å². The lowest BCUT2D eigenvalue weighted by atomic mass is 10.8. The van der Waals surface area contributed by atoms with Gasteiger partial charge in [-0.3, -0.25) is 13.6 Å². The summed E-state index contributed by atoms with van der Waals surface area (Å²) in [7, 11) is -0.611. The zero-order valence-corrected chi connectivity index (χ0v) is 7.47. The summed E-state index contributed by atoms with van der Waals surface area (Å²) in [5.41, 5.74) is 0. The second kappa shape index (κ2) is 32.7. The predicted molar refractivity (Wildman–Crippen MR) is 44.2 cm³/mol. The first-order chi connectivity index (χ1) is 3.65. The van der Waals surface area contributed by atoms with Gasteiger partial charge in [0, 0.05) is 23.3 Å². The van der Waals surface area contributed by atoms with Crippen LogP contribution >= 0.6 is 0 Å². The highest BCUT2D eigenvalue weighted by atomic mass is 32.2. The van der Waals surface area contributed by atoms with Crippen LogP contribution in [0.1, 0.15) is 0 Å². The first-order valence-electron chi connectivity index (χ1n) is 2.12. The van der Waals surface area contributed by atoms with Crippen LogP contribution in [0.3, 0.4) is 0 Å². The van der Waals surface area contributed by atoms with E-state index in [-0.39, 0.29) is 28.8 Å². The van der Waals surface area contributed by atoms with E-state index in [0.717, 1.165) is 0 Å². The third kappa shape index (κ3) is 777. The highest BCUT2D eigenvalue weighted by Crippen LogP contribution is 1.47. The Morgan fingerprint density at radius 1 is 1.09 bits per heavy atom. The maximum absolute atomic E-state index is 9.56. The Bertz CT molecular complexity index is 61.3. The molecule has 0 unspecified atom stereocenters. The first-order valence-corrected chi connectivity index (χ1v) is 4.08. The molecule has 0 aliphatic heterocycles. The molecule has 7 heteroatoms. The van der Waals surface area contributed by atoms with Gasteiger partial charge in [0.1, 0.15) is 0 Å². The molecule has 11 heavy (non-hydrogen) atoms. The van der Waals surface area contributed by atoms with Crippen molar-refractivity contribution in [1.82, 2.24) is 6.15 Å². The quantitative estimate of drug-likeness (QED) is 0.525. The van der Waals surface area contributed by atoms with Crippen LogP contribution in [0.5, 0.6) is 0 Å². The Kier molecular flexibility index (Phi) is 91.2. The molecule has 0 radical (unpaired) electrons. The minimum Gasteiger partial charge on any atom is -0.394 e. The Hall–Kier alpha value is -0.110. The summed E-state index contributed by atoms with van der Waals surface area (Å²) < 4.78 is 9.56. The van der Waals surface area contributed by atoms with E-state index < -0.39 is 10.8 Å². The fraction of sp³-hybridized carbons (Fsp3) is 1.00. The summed E-state index contributed by atoms with van der Waals surface area (Å²) >= 11 is 0. The molecule has 0 saturated carbocycles. The van der Waals surface area contributed by atoms with E-state index in [9.17, 15) is 4.21 Å². The van der Waals surface area contributed by atoms with Crippen LogP contribution < -0.4 is 6.15 Å². The Balaban J connectivity index is -0.0000000171. The van der Waals surface area contributed by atoms with Crippen LogP contribution in [0.15, 0.2) is 0 Å². The molecular weight excluding hydrogens is 180 g/mol. The van der Waals surface area contributed by atoms with Gasteiger partial charge in [0.15, 0.2) is 0 Å². The molecule has 0 aromatic heterocycles. The highest BCUT2D eigenvalue weighted by Gasteiger charge is 1.58. The molecule has 0 saturated heterocycles. The second-order valence-electron chi connectivity index (χ2n) is 1.19. The van der Waals surface area contributed by atoms with Gasteiger partial charge < -0.3 is 16.4 Å². The van der Waals surface area contributed by atoms with Gasteiger partial charge in [0.05, 0.1) is 13.2 Å². The van der Waals surface area contributed by atoms with Crippen LogP contribution in [-0.2, 0) is 10.8 Å². The molecule has 0 bridgehead atoms. The van der Waals surface area contributed by atoms with E-state index in [1.54, 1.807) is 12.5 Å². The molecule has 0 aliphatic rings. The summed E-state index contributed by atoms with van der Waals surface area (Å²) in [6.45, 7) is -0.250. The molecule has 0 aromatic carbocycles. The Morgan fingerprint density at radius 3 is 1.18 bits per heavy atom. The van der Waals surface area contributed by atoms with Gasteiger partial charge in [-0.2, -0.15) is 0 Å². The highest BCUT2D eigenvalue weighted by molar-refractivity contribution is 7.83. The molecule has 0 amide bonds. The van der Waals surface area contributed by atoms with Gasteiger partial charge in [0.2, 0.25) is 0 Å². The van der Waals surface area contributed by atoms with Crippen molar-refractivity contribution in [1.29, 1.82) is 0 Å². The topological polar surface area (TPSA) is 92.5 Å². The average Bonchev–Trinajstić information content (AvgIpc) is 1.65. The number of hydrogen-bond acceptors (Lipinski definition) is 4. The average molecular weight is 197 g/mol. The van der Waals surface area contributed by atoms with Crippen LogP contribution in [0.4, 0.5) is 9.41 Å². The minimum absolute atomic E-state index is 0. The van der Waals surface area contributed by atoms with E-state index in [1.165, 1.54) is 0 Å². The van der Waals surface area contributed by atoms with Crippen LogP contribution in [0, 0.1) is 0 Å². The molecule has 0 spiro atoms. The molecule has 0 fully saturated rings. The van der Waals surface area contributed by atoms with Crippen molar-refractivity contribution in [3.63, 3.8) is 0 Å². The second-order valence-corrected chi connectivity index (χ2v) is 2.67. The molecule has 0 aliphatic carbocycles. The Labute approximate surface area is 67.4 Å². The van der Waals surface area contributed by atoms with E-state index in [2.05, 4.69) is 0 Å². The smallest absolute Gasteiger partial charge is 0.0662 e. The van der Waals surface area contributed by atoms with Gasteiger partial charge >= 0.3 is 0 Å². The summed E-state index contributed by atoms with van der Waals surface area (Å²) in [6, 6.07) is 0. The van der Waals surface area contributed by atoms with Crippen LogP contribution in [-0.4, -0.2) is 40.1 Å². The summed E-state index contributed by atoms with van der Waals surface area (Å²) in [5.74, 6) is 0. The monoisotopic (exact) mass is 197 g/mol. The maximum atomic E-state index is 9.56. The first kappa shape index (κ1) is 30.7. The van der Waals surface area contributed by atoms with Crippen molar-refractivity contribution >= 4 is 10.8 Å². The standard InChI is InChI=1S/C2H6O2.C2H6OS.2FH.H3N/c3-1-2-4;1-4(2)3;;;/h3-4H,1-2H2;1-2H3;2*1H;1H3. The fourth-order valence-corrected chi connectivity index (χ4v) is 0. The fourth-order valence-electron chi connectivity index (χ4n) is 0. The largest absolute Gasteiger partial charge is 0.394 e. The van der Waals surface area contributed by atoms with E-state index in [0.29, 0.717) is 0 Å². The van der Waals surface area contributed by atoms with Gasteiger partial charge in [-0.1, -0.05) is 0 Å². The molecule has 0 rings (SSSR count). The lowest BCUT2D eigenvalue weighted by molar-refractivity contribution is 0.186. The molecular formula is C4H17F2NO3S. The van der Waals surface area contributed by atoms with Crippen molar-refractivity contribution in [3.05, 3.63) is 0 Å². The van der Waals surface area contributed by atoms with Crippen LogP contribution in [0.2, 0.25) is 0 Å². The third-order valence-electron chi connectivity index (χ3n) is 0.1000. The number of hydrogen-bond donors (Lipinski definition) is 3. The number of rotatable bonds is 1. The third-order valence-corrected chi connectivity index (χ3v) is 0.1000. The maximum Gasteiger partial charge on any atom is 0.0662 e. The summed E-state index contributed by atoms with van der Waals surface area (Å²) in [6.07, 6.45) is 3.28. The molecule has 5 N–H and O–H groups in total. The van der Waals surface area contributed by atoms with Crippen LogP contribution in [0.25, 0.3) is 0 Å². The van der Waals surface area contributed by atoms with E-state index in [4.69, 9.17) is 10.2 Å². The zero-order valence-electron chi connectivity index (χ0n) is 6.65. The lowest BCUT2D eigenvalue weighted by Gasteiger charge is -1.70. The van der Waals surface area contributed by atoms with Crippen molar-refractivity contribution in [2.75, 3.05) is 25.7 Å². The van der Waals surface area contributed by atoms with Gasteiger partial charge in [0.25, 0.3) is 0 Å². The minimum atomic E-state index is -0.611. The van der Waals surface area contributed by atoms with Crippen molar-refractivity contribution < 1.29 is 23.8 Å². The van der Waals surface area contributed by atoms with Crippen molar-refractivity contribution in [2.45, 2.75) is 0 Å². The van der Waals surface area contributed by atoms with Gasteiger partial charge in [-0.05, 0) is 0 Å². The van der Waals surface area contributed by atoms with Gasteiger partial charge in [-0.25, -0.2) is 0 Å². The van der Waals surface area contributed by atoms with E-state index in [1.807, 2.05) is 0 Å². The molecule has 0 aromatic rings. The molecule has 0 heterocycles. The number of aliphatic hydroxyl groups is 2. The molecule has 0 atom stereocenters. The predicted octanol–water partition coefficient (Wildman–Crippen LogP) is -0.567. The van der Waals surface area contributed by atoms with Gasteiger partial charge in [-0.15, -0.1) is 0 Å². The summed E-state index contributed by atoms with van der Waals surface area (Å²) in [5, 5.41) is 15.2. The normalized spacial score (nSPS) is 5.91. The lowest BCUT2D eigenvalue weighted by Crippen LogP contribution is -1.85. The summed E-state index contributed by atoms with van der Waals surface area (Å²) in [4.78, 5) is 0.